The zero-order chi connectivity index (χ0) is 39.6. The van der Waals surface area contributed by atoms with Crippen LogP contribution in [0.15, 0.2) is 109 Å². The maximum atomic E-state index is 6.49. The summed E-state index contributed by atoms with van der Waals surface area (Å²) in [5, 5.41) is 14.5. The van der Waals surface area contributed by atoms with Crippen molar-refractivity contribution in [1.82, 2.24) is 0 Å². The lowest BCUT2D eigenvalue weighted by Crippen LogP contribution is -2.12. The Morgan fingerprint density at radius 3 is 0.946 bits per heavy atom. The molecule has 6 rings (SSSR count). The largest absolute Gasteiger partial charge is 0.497 e. The fourth-order valence-corrected chi connectivity index (χ4v) is 6.25. The molecular weight excluding hydrogens is 705 g/mol. The van der Waals surface area contributed by atoms with Gasteiger partial charge in [0.25, 0.3) is 0 Å². The Labute approximate surface area is 329 Å². The molecule has 4 N–H and O–H groups in total. The third-order valence-corrected chi connectivity index (χ3v) is 9.44. The topological polar surface area (TPSA) is 104 Å². The highest BCUT2D eigenvalue weighted by atomic mass is 16.5. The van der Waals surface area contributed by atoms with E-state index >= 15 is 0 Å². The standard InChI is InChI=1S/C46H50N4O6/c1-29-25-33(51-5)15-19-37(29)47-41-11-9-13-43(45(41)49-39-21-17-35(53-7)27-31(39)3)55-23-24-56-44-14-10-12-42(48-38-20-16-34(52-6)26-30(38)2)46(44)50-40-22-18-36(54-8)28-32(40)4/h9-22,25-28,47-50H,23-24H2,1-8H3. The summed E-state index contributed by atoms with van der Waals surface area (Å²) in [4.78, 5) is 0. The Kier molecular flexibility index (Phi) is 12.6. The molecule has 0 aliphatic rings. The van der Waals surface area contributed by atoms with E-state index in [1.165, 1.54) is 0 Å². The molecule has 290 valence electrons. The number of methoxy groups -OCH3 is 4. The van der Waals surface area contributed by atoms with E-state index in [1.54, 1.807) is 28.4 Å². The van der Waals surface area contributed by atoms with Crippen molar-refractivity contribution in [2.24, 2.45) is 0 Å². The van der Waals surface area contributed by atoms with Crippen molar-refractivity contribution in [2.75, 3.05) is 62.9 Å². The van der Waals surface area contributed by atoms with E-state index in [9.17, 15) is 0 Å². The number of nitrogens with one attached hydrogen (secondary N) is 4. The monoisotopic (exact) mass is 754 g/mol. The van der Waals surface area contributed by atoms with E-state index in [-0.39, 0.29) is 13.2 Å². The van der Waals surface area contributed by atoms with Crippen LogP contribution in [0.25, 0.3) is 0 Å². The number of rotatable bonds is 17. The molecule has 0 aromatic heterocycles. The summed E-state index contributed by atoms with van der Waals surface area (Å²) in [5.41, 5.74) is 11.2. The van der Waals surface area contributed by atoms with Gasteiger partial charge in [0.15, 0.2) is 0 Å². The molecule has 0 heterocycles. The van der Waals surface area contributed by atoms with E-state index in [0.717, 1.165) is 90.8 Å². The fourth-order valence-electron chi connectivity index (χ4n) is 6.25. The molecule has 0 unspecified atom stereocenters. The van der Waals surface area contributed by atoms with Crippen molar-refractivity contribution in [3.05, 3.63) is 131 Å². The molecule has 0 amide bonds. The lowest BCUT2D eigenvalue weighted by molar-refractivity contribution is 0.218. The zero-order valence-corrected chi connectivity index (χ0v) is 33.3. The van der Waals surface area contributed by atoms with E-state index in [2.05, 4.69) is 21.3 Å². The Balaban J connectivity index is 1.27. The van der Waals surface area contributed by atoms with Crippen molar-refractivity contribution in [1.29, 1.82) is 0 Å². The fraction of sp³-hybridized carbons (Fsp3) is 0.217. The second-order valence-corrected chi connectivity index (χ2v) is 13.3. The van der Waals surface area contributed by atoms with Crippen LogP contribution < -0.4 is 49.7 Å². The Bertz CT molecular complexity index is 2130. The second-order valence-electron chi connectivity index (χ2n) is 13.3. The number of aryl methyl sites for hydroxylation is 4. The summed E-state index contributed by atoms with van der Waals surface area (Å²) in [6.45, 7) is 8.73. The molecule has 0 aliphatic heterocycles. The van der Waals surface area contributed by atoms with Crippen molar-refractivity contribution in [3.63, 3.8) is 0 Å². The average molecular weight is 755 g/mol. The summed E-state index contributed by atoms with van der Waals surface area (Å²) < 4.78 is 34.8. The van der Waals surface area contributed by atoms with Crippen LogP contribution in [0.3, 0.4) is 0 Å². The first kappa shape index (κ1) is 39.0. The van der Waals surface area contributed by atoms with Gasteiger partial charge in [-0.15, -0.1) is 0 Å². The van der Waals surface area contributed by atoms with E-state index in [0.29, 0.717) is 11.5 Å². The first-order valence-electron chi connectivity index (χ1n) is 18.4. The van der Waals surface area contributed by atoms with Gasteiger partial charge in [-0.1, -0.05) is 12.1 Å². The van der Waals surface area contributed by atoms with Crippen LogP contribution in [0.2, 0.25) is 0 Å². The van der Waals surface area contributed by atoms with Crippen LogP contribution in [0.1, 0.15) is 22.3 Å². The van der Waals surface area contributed by atoms with Crippen molar-refractivity contribution in [2.45, 2.75) is 27.7 Å². The summed E-state index contributed by atoms with van der Waals surface area (Å²) in [6.07, 6.45) is 0. The van der Waals surface area contributed by atoms with Crippen LogP contribution in [-0.4, -0.2) is 41.7 Å². The zero-order valence-electron chi connectivity index (χ0n) is 33.3. The van der Waals surface area contributed by atoms with Gasteiger partial charge in [0, 0.05) is 22.7 Å². The van der Waals surface area contributed by atoms with Gasteiger partial charge < -0.3 is 49.7 Å². The van der Waals surface area contributed by atoms with Gasteiger partial charge in [-0.05, 0) is 147 Å². The quantitative estimate of drug-likeness (QED) is 0.0673. The predicted octanol–water partition coefficient (Wildman–Crippen LogP) is 11.4. The molecule has 6 aromatic carbocycles. The molecule has 0 radical (unpaired) electrons. The summed E-state index contributed by atoms with van der Waals surface area (Å²) in [6, 6.07) is 35.7. The van der Waals surface area contributed by atoms with Gasteiger partial charge in [-0.25, -0.2) is 0 Å². The SMILES string of the molecule is COc1ccc(Nc2cccc(OCCOc3cccc(Nc4ccc(OC)cc4C)c3Nc3ccc(OC)cc3C)c2Nc2ccc(OC)cc2C)c(C)c1. The van der Waals surface area contributed by atoms with E-state index < -0.39 is 0 Å². The number of hydrogen-bond acceptors (Lipinski definition) is 10. The number of hydrogen-bond donors (Lipinski definition) is 4. The maximum absolute atomic E-state index is 6.49. The predicted molar refractivity (Wildman–Crippen MR) is 228 cm³/mol. The van der Waals surface area contributed by atoms with Gasteiger partial charge in [-0.3, -0.25) is 0 Å². The maximum Gasteiger partial charge on any atom is 0.145 e. The molecule has 56 heavy (non-hydrogen) atoms. The summed E-state index contributed by atoms with van der Waals surface area (Å²) in [5.74, 6) is 4.50. The molecular formula is C46H50N4O6. The number of benzene rings is 6. The minimum absolute atomic E-state index is 0.275. The van der Waals surface area contributed by atoms with Crippen LogP contribution in [-0.2, 0) is 0 Å². The van der Waals surface area contributed by atoms with Crippen molar-refractivity contribution in [3.8, 4) is 34.5 Å². The minimum atomic E-state index is 0.275. The van der Waals surface area contributed by atoms with Gasteiger partial charge in [-0.2, -0.15) is 0 Å². The van der Waals surface area contributed by atoms with Gasteiger partial charge >= 0.3 is 0 Å². The molecule has 0 aliphatic carbocycles. The first-order chi connectivity index (χ1) is 27.2. The second kappa shape index (κ2) is 18.1. The normalized spacial score (nSPS) is 10.6. The smallest absolute Gasteiger partial charge is 0.145 e. The van der Waals surface area contributed by atoms with Gasteiger partial charge in [0.05, 0.1) is 39.8 Å². The van der Waals surface area contributed by atoms with E-state index in [4.69, 9.17) is 28.4 Å². The minimum Gasteiger partial charge on any atom is -0.497 e. The molecule has 0 atom stereocenters. The highest BCUT2D eigenvalue weighted by Crippen LogP contribution is 2.41. The third kappa shape index (κ3) is 9.33. The van der Waals surface area contributed by atoms with Crippen LogP contribution in [0.4, 0.5) is 45.5 Å². The third-order valence-electron chi connectivity index (χ3n) is 9.44. The lowest BCUT2D eigenvalue weighted by atomic mass is 10.1. The van der Waals surface area contributed by atoms with Crippen molar-refractivity contribution < 1.29 is 28.4 Å². The molecule has 0 fully saturated rings. The molecule has 0 spiro atoms. The molecule has 0 saturated heterocycles. The summed E-state index contributed by atoms with van der Waals surface area (Å²) >= 11 is 0. The highest BCUT2D eigenvalue weighted by Gasteiger charge is 2.16. The van der Waals surface area contributed by atoms with Gasteiger partial charge in [0.1, 0.15) is 59.1 Å². The van der Waals surface area contributed by atoms with Crippen LogP contribution in [0, 0.1) is 27.7 Å². The number of anilines is 8. The molecule has 10 heteroatoms. The number of ether oxygens (including phenoxy) is 6. The van der Waals surface area contributed by atoms with Crippen LogP contribution >= 0.6 is 0 Å². The summed E-state index contributed by atoms with van der Waals surface area (Å²) in [7, 11) is 6.67. The molecule has 6 aromatic rings. The molecule has 10 nitrogen and oxygen atoms in total. The van der Waals surface area contributed by atoms with Crippen LogP contribution in [0.5, 0.6) is 34.5 Å². The highest BCUT2D eigenvalue weighted by molar-refractivity contribution is 5.86. The first-order valence-corrected chi connectivity index (χ1v) is 18.4. The van der Waals surface area contributed by atoms with E-state index in [1.807, 2.05) is 137 Å². The lowest BCUT2D eigenvalue weighted by Gasteiger charge is -2.22. The Morgan fingerprint density at radius 2 is 0.661 bits per heavy atom. The van der Waals surface area contributed by atoms with Crippen molar-refractivity contribution >= 4 is 45.5 Å². The Hall–Kier alpha value is -6.68. The molecule has 0 bridgehead atoms. The van der Waals surface area contributed by atoms with Gasteiger partial charge in [0.2, 0.25) is 0 Å². The molecule has 0 saturated carbocycles. The Morgan fingerprint density at radius 1 is 0.357 bits per heavy atom. The average Bonchev–Trinajstić information content (AvgIpc) is 3.20. The number of para-hydroxylation sites is 2.